The Bertz CT molecular complexity index is 483. The number of halogens is 1. The average Bonchev–Trinajstić information content (AvgIpc) is 3.23. The summed E-state index contributed by atoms with van der Waals surface area (Å²) in [6, 6.07) is 1.73. The van der Waals surface area contributed by atoms with Crippen LogP contribution in [0.15, 0.2) is 12.3 Å². The van der Waals surface area contributed by atoms with E-state index < -0.39 is 0 Å². The number of amides is 1. The Morgan fingerprint density at radius 1 is 1.42 bits per heavy atom. The lowest BCUT2D eigenvalue weighted by atomic mass is 9.98. The fourth-order valence-corrected chi connectivity index (χ4v) is 3.06. The normalized spacial score (nSPS) is 18.7. The third kappa shape index (κ3) is 3.08. The summed E-state index contributed by atoms with van der Waals surface area (Å²) in [6.07, 6.45) is 6.91. The van der Waals surface area contributed by atoms with Crippen LogP contribution in [0.2, 0.25) is 5.02 Å². The summed E-state index contributed by atoms with van der Waals surface area (Å²) in [5, 5.41) is 3.52. The van der Waals surface area contributed by atoms with Crippen molar-refractivity contribution in [2.75, 3.05) is 6.54 Å². The van der Waals surface area contributed by atoms with Crippen molar-refractivity contribution in [3.8, 4) is 0 Å². The van der Waals surface area contributed by atoms with Gasteiger partial charge in [0.15, 0.2) is 0 Å². The molecule has 1 N–H and O–H groups in total. The van der Waals surface area contributed by atoms with Gasteiger partial charge in [0.25, 0.3) is 5.91 Å². The van der Waals surface area contributed by atoms with Crippen LogP contribution in [0.4, 0.5) is 0 Å². The van der Waals surface area contributed by atoms with E-state index in [1.54, 1.807) is 12.3 Å². The van der Waals surface area contributed by atoms with E-state index in [0.717, 1.165) is 24.1 Å². The Morgan fingerprint density at radius 3 is 2.58 bits per heavy atom. The van der Waals surface area contributed by atoms with Crippen LogP contribution in [0.25, 0.3) is 0 Å². The minimum absolute atomic E-state index is 0.0937. The SMILES string of the molecule is Cc1cc(Cl)c(C(=O)NCC(C2CC2)C2CC2)cn1. The van der Waals surface area contributed by atoms with E-state index in [2.05, 4.69) is 10.3 Å². The number of hydrogen-bond donors (Lipinski definition) is 1. The van der Waals surface area contributed by atoms with E-state index in [0.29, 0.717) is 16.5 Å². The van der Waals surface area contributed by atoms with Crippen molar-refractivity contribution in [1.29, 1.82) is 0 Å². The summed E-state index contributed by atoms with van der Waals surface area (Å²) in [5.74, 6) is 2.28. The summed E-state index contributed by atoms with van der Waals surface area (Å²) >= 11 is 6.09. The van der Waals surface area contributed by atoms with E-state index in [1.807, 2.05) is 6.92 Å². The van der Waals surface area contributed by atoms with Gasteiger partial charge in [-0.3, -0.25) is 9.78 Å². The highest BCUT2D eigenvalue weighted by atomic mass is 35.5. The Hall–Kier alpha value is -1.09. The summed E-state index contributed by atoms with van der Waals surface area (Å²) in [6.45, 7) is 2.65. The molecule has 0 bridgehead atoms. The first-order chi connectivity index (χ1) is 9.15. The van der Waals surface area contributed by atoms with Crippen molar-refractivity contribution < 1.29 is 4.79 Å². The van der Waals surface area contributed by atoms with Gasteiger partial charge in [0.2, 0.25) is 0 Å². The highest BCUT2D eigenvalue weighted by molar-refractivity contribution is 6.33. The molecule has 0 aromatic carbocycles. The summed E-state index contributed by atoms with van der Waals surface area (Å²) < 4.78 is 0. The maximum absolute atomic E-state index is 12.1. The third-order valence-corrected chi connectivity index (χ3v) is 4.50. The Labute approximate surface area is 118 Å². The molecule has 0 spiro atoms. The van der Waals surface area contributed by atoms with Crippen LogP contribution in [0.3, 0.4) is 0 Å². The molecule has 0 saturated heterocycles. The first kappa shape index (κ1) is 12.9. The van der Waals surface area contributed by atoms with Crippen molar-refractivity contribution in [3.05, 3.63) is 28.5 Å². The Balaban J connectivity index is 1.61. The van der Waals surface area contributed by atoms with Crippen LogP contribution < -0.4 is 5.32 Å². The van der Waals surface area contributed by atoms with E-state index in [4.69, 9.17) is 11.6 Å². The molecule has 102 valence electrons. The van der Waals surface area contributed by atoms with Crippen molar-refractivity contribution in [2.24, 2.45) is 17.8 Å². The minimum Gasteiger partial charge on any atom is -0.352 e. The number of nitrogens with zero attached hydrogens (tertiary/aromatic N) is 1. The van der Waals surface area contributed by atoms with Crippen LogP contribution >= 0.6 is 11.6 Å². The second-order valence-electron chi connectivity index (χ2n) is 5.85. The Morgan fingerprint density at radius 2 is 2.05 bits per heavy atom. The summed E-state index contributed by atoms with van der Waals surface area (Å²) in [5.41, 5.74) is 1.31. The van der Waals surface area contributed by atoms with Gasteiger partial charge < -0.3 is 5.32 Å². The third-order valence-electron chi connectivity index (χ3n) is 4.19. The van der Waals surface area contributed by atoms with Crippen molar-refractivity contribution in [2.45, 2.75) is 32.6 Å². The number of nitrogens with one attached hydrogen (secondary N) is 1. The highest BCUT2D eigenvalue weighted by Crippen LogP contribution is 2.48. The maximum atomic E-state index is 12.1. The number of aromatic nitrogens is 1. The van der Waals surface area contributed by atoms with Gasteiger partial charge >= 0.3 is 0 Å². The van der Waals surface area contributed by atoms with Gasteiger partial charge in [-0.2, -0.15) is 0 Å². The molecule has 1 aromatic rings. The van der Waals surface area contributed by atoms with E-state index in [1.165, 1.54) is 25.7 Å². The second kappa shape index (κ2) is 5.12. The van der Waals surface area contributed by atoms with Crippen LogP contribution in [0.1, 0.15) is 41.7 Å². The van der Waals surface area contributed by atoms with Crippen molar-refractivity contribution >= 4 is 17.5 Å². The van der Waals surface area contributed by atoms with Crippen LogP contribution in [0.5, 0.6) is 0 Å². The zero-order valence-corrected chi connectivity index (χ0v) is 11.9. The largest absolute Gasteiger partial charge is 0.352 e. The molecule has 3 rings (SSSR count). The number of carbonyl (C=O) groups is 1. The second-order valence-corrected chi connectivity index (χ2v) is 6.26. The lowest BCUT2D eigenvalue weighted by molar-refractivity contribution is 0.0943. The van der Waals surface area contributed by atoms with Gasteiger partial charge in [0, 0.05) is 18.4 Å². The van der Waals surface area contributed by atoms with Gasteiger partial charge in [-0.1, -0.05) is 11.6 Å². The van der Waals surface area contributed by atoms with Crippen molar-refractivity contribution in [3.63, 3.8) is 0 Å². The van der Waals surface area contributed by atoms with E-state index >= 15 is 0 Å². The maximum Gasteiger partial charge on any atom is 0.254 e. The lowest BCUT2D eigenvalue weighted by Crippen LogP contribution is -2.31. The van der Waals surface area contributed by atoms with E-state index in [-0.39, 0.29) is 5.91 Å². The number of hydrogen-bond acceptors (Lipinski definition) is 2. The summed E-state index contributed by atoms with van der Waals surface area (Å²) in [7, 11) is 0. The molecule has 3 nitrogen and oxygen atoms in total. The minimum atomic E-state index is -0.0937. The number of rotatable bonds is 5. The van der Waals surface area contributed by atoms with Crippen LogP contribution in [-0.4, -0.2) is 17.4 Å². The van der Waals surface area contributed by atoms with Crippen molar-refractivity contribution in [1.82, 2.24) is 10.3 Å². The number of pyridine rings is 1. The van der Waals surface area contributed by atoms with Gasteiger partial charge in [-0.05, 0) is 56.4 Å². The molecular formula is C15H19ClN2O. The van der Waals surface area contributed by atoms with E-state index in [9.17, 15) is 4.79 Å². The molecule has 1 heterocycles. The molecule has 4 heteroatoms. The number of carbonyl (C=O) groups excluding carboxylic acids is 1. The molecular weight excluding hydrogens is 260 g/mol. The highest BCUT2D eigenvalue weighted by Gasteiger charge is 2.41. The van der Waals surface area contributed by atoms with Gasteiger partial charge in [-0.25, -0.2) is 0 Å². The fraction of sp³-hybridized carbons (Fsp3) is 0.600. The first-order valence-corrected chi connectivity index (χ1v) is 7.43. The van der Waals surface area contributed by atoms with Gasteiger partial charge in [-0.15, -0.1) is 0 Å². The van der Waals surface area contributed by atoms with Crippen LogP contribution in [0, 0.1) is 24.7 Å². The molecule has 0 atom stereocenters. The molecule has 0 radical (unpaired) electrons. The molecule has 2 aliphatic carbocycles. The topological polar surface area (TPSA) is 42.0 Å². The molecule has 1 amide bonds. The molecule has 2 fully saturated rings. The number of aryl methyl sites for hydroxylation is 1. The van der Waals surface area contributed by atoms with Crippen LogP contribution in [-0.2, 0) is 0 Å². The summed E-state index contributed by atoms with van der Waals surface area (Å²) in [4.78, 5) is 16.3. The monoisotopic (exact) mass is 278 g/mol. The van der Waals surface area contributed by atoms with Gasteiger partial charge in [0.1, 0.15) is 0 Å². The predicted octanol–water partition coefficient (Wildman–Crippen LogP) is 3.21. The molecule has 19 heavy (non-hydrogen) atoms. The Kier molecular flexibility index (Phi) is 3.48. The quantitative estimate of drug-likeness (QED) is 0.899. The molecule has 0 unspecified atom stereocenters. The zero-order valence-electron chi connectivity index (χ0n) is 11.2. The lowest BCUT2D eigenvalue weighted by Gasteiger charge is -2.16. The smallest absolute Gasteiger partial charge is 0.254 e. The molecule has 2 aliphatic rings. The molecule has 2 saturated carbocycles. The average molecular weight is 279 g/mol. The zero-order chi connectivity index (χ0) is 13.4. The fourth-order valence-electron chi connectivity index (χ4n) is 2.77. The molecule has 1 aromatic heterocycles. The predicted molar refractivity (Wildman–Crippen MR) is 75.3 cm³/mol. The van der Waals surface area contributed by atoms with Gasteiger partial charge in [0.05, 0.1) is 10.6 Å². The first-order valence-electron chi connectivity index (χ1n) is 7.05. The standard InChI is InChI=1S/C15H19ClN2O/c1-9-6-14(16)13(8-17-9)15(19)18-7-12(10-2-3-10)11-4-5-11/h6,8,10-12H,2-5,7H2,1H3,(H,18,19). The molecule has 0 aliphatic heterocycles.